The van der Waals surface area contributed by atoms with Gasteiger partial charge < -0.3 is 10.6 Å². The summed E-state index contributed by atoms with van der Waals surface area (Å²) >= 11 is 0. The standard InChI is InChI=1S/C13H24N2/c14-13(6-7-13)5-3-11-4-9-15-8-1-2-12(11)10-15/h11-12H,1-10,14H2. The lowest BCUT2D eigenvalue weighted by molar-refractivity contribution is 0.0677. The first-order valence-corrected chi connectivity index (χ1v) is 6.76. The van der Waals surface area contributed by atoms with Crippen molar-refractivity contribution in [1.29, 1.82) is 0 Å². The predicted octanol–water partition coefficient (Wildman–Crippen LogP) is 1.99. The van der Waals surface area contributed by atoms with E-state index in [1.54, 1.807) is 0 Å². The molecule has 1 aliphatic carbocycles. The van der Waals surface area contributed by atoms with Gasteiger partial charge in [0.2, 0.25) is 0 Å². The van der Waals surface area contributed by atoms with Crippen LogP contribution in [0.25, 0.3) is 0 Å². The fourth-order valence-corrected chi connectivity index (χ4v) is 3.53. The number of hydrogen-bond donors (Lipinski definition) is 1. The largest absolute Gasteiger partial charge is 0.325 e. The van der Waals surface area contributed by atoms with Crippen LogP contribution in [0.5, 0.6) is 0 Å². The van der Waals surface area contributed by atoms with Gasteiger partial charge in [0.25, 0.3) is 0 Å². The van der Waals surface area contributed by atoms with Crippen LogP contribution in [0.1, 0.15) is 44.9 Å². The van der Waals surface area contributed by atoms with Gasteiger partial charge in [-0.25, -0.2) is 0 Å². The molecular weight excluding hydrogens is 184 g/mol. The summed E-state index contributed by atoms with van der Waals surface area (Å²) in [5.41, 5.74) is 6.47. The molecule has 2 bridgehead atoms. The number of piperidine rings is 2. The van der Waals surface area contributed by atoms with Gasteiger partial charge in [-0.2, -0.15) is 0 Å². The molecule has 2 heterocycles. The first-order valence-electron chi connectivity index (χ1n) is 6.76. The molecular formula is C13H24N2. The van der Waals surface area contributed by atoms with Crippen LogP contribution < -0.4 is 5.73 Å². The van der Waals surface area contributed by atoms with Gasteiger partial charge in [0, 0.05) is 12.1 Å². The van der Waals surface area contributed by atoms with Crippen molar-refractivity contribution in [2.45, 2.75) is 50.5 Å². The van der Waals surface area contributed by atoms with Crippen LogP contribution in [0.2, 0.25) is 0 Å². The van der Waals surface area contributed by atoms with Crippen molar-refractivity contribution in [3.8, 4) is 0 Å². The summed E-state index contributed by atoms with van der Waals surface area (Å²) in [7, 11) is 0. The molecule has 0 aromatic carbocycles. The lowest BCUT2D eigenvalue weighted by Gasteiger charge is -2.43. The molecule has 2 N–H and O–H groups in total. The third-order valence-electron chi connectivity index (χ3n) is 4.93. The molecule has 2 heteroatoms. The number of fused-ring (bicyclic) bond motifs is 2. The highest BCUT2D eigenvalue weighted by Gasteiger charge is 2.39. The van der Waals surface area contributed by atoms with Gasteiger partial charge in [-0.3, -0.25) is 0 Å². The van der Waals surface area contributed by atoms with E-state index in [0.29, 0.717) is 0 Å². The van der Waals surface area contributed by atoms with Crippen LogP contribution in [-0.2, 0) is 0 Å². The smallest absolute Gasteiger partial charge is 0.0155 e. The van der Waals surface area contributed by atoms with Gasteiger partial charge in [-0.15, -0.1) is 0 Å². The lowest BCUT2D eigenvalue weighted by atomic mass is 9.77. The SMILES string of the molecule is NC1(CCC2CCN3CCCC2C3)CC1. The van der Waals surface area contributed by atoms with E-state index in [4.69, 9.17) is 5.73 Å². The van der Waals surface area contributed by atoms with Gasteiger partial charge in [-0.05, 0) is 69.9 Å². The van der Waals surface area contributed by atoms with Gasteiger partial charge >= 0.3 is 0 Å². The van der Waals surface area contributed by atoms with Gasteiger partial charge in [0.15, 0.2) is 0 Å². The minimum atomic E-state index is 0.284. The van der Waals surface area contributed by atoms with E-state index in [0.717, 1.165) is 11.8 Å². The van der Waals surface area contributed by atoms with Crippen molar-refractivity contribution in [3.05, 3.63) is 0 Å². The number of nitrogens with two attached hydrogens (primary N) is 1. The Labute approximate surface area is 93.2 Å². The second kappa shape index (κ2) is 3.74. The fraction of sp³-hybridized carbons (Fsp3) is 1.00. The first-order chi connectivity index (χ1) is 7.25. The summed E-state index contributed by atoms with van der Waals surface area (Å²) in [6, 6.07) is 0. The summed E-state index contributed by atoms with van der Waals surface area (Å²) < 4.78 is 0. The highest BCUT2D eigenvalue weighted by Crippen LogP contribution is 2.41. The highest BCUT2D eigenvalue weighted by atomic mass is 15.1. The lowest BCUT2D eigenvalue weighted by Crippen LogP contribution is -2.44. The van der Waals surface area contributed by atoms with Crippen LogP contribution in [0, 0.1) is 11.8 Å². The van der Waals surface area contributed by atoms with E-state index in [9.17, 15) is 0 Å². The second-order valence-electron chi connectivity index (χ2n) is 6.15. The molecule has 86 valence electrons. The molecule has 1 saturated carbocycles. The molecule has 2 aliphatic heterocycles. The van der Waals surface area contributed by atoms with Crippen LogP contribution >= 0.6 is 0 Å². The van der Waals surface area contributed by atoms with Crippen molar-refractivity contribution < 1.29 is 0 Å². The van der Waals surface area contributed by atoms with Crippen LogP contribution in [0.3, 0.4) is 0 Å². The summed E-state index contributed by atoms with van der Waals surface area (Å²) in [5, 5.41) is 0. The van der Waals surface area contributed by atoms with E-state index in [1.807, 2.05) is 0 Å². The van der Waals surface area contributed by atoms with Gasteiger partial charge in [0.05, 0.1) is 0 Å². The third-order valence-corrected chi connectivity index (χ3v) is 4.93. The Morgan fingerprint density at radius 3 is 2.87 bits per heavy atom. The molecule has 0 radical (unpaired) electrons. The minimum Gasteiger partial charge on any atom is -0.325 e. The predicted molar refractivity (Wildman–Crippen MR) is 62.7 cm³/mol. The molecule has 0 aromatic rings. The van der Waals surface area contributed by atoms with Gasteiger partial charge in [0.1, 0.15) is 0 Å². The highest BCUT2D eigenvalue weighted by molar-refractivity contribution is 4.99. The Morgan fingerprint density at radius 2 is 2.07 bits per heavy atom. The molecule has 0 spiro atoms. The van der Waals surface area contributed by atoms with Crippen molar-refractivity contribution in [1.82, 2.24) is 4.90 Å². The zero-order valence-electron chi connectivity index (χ0n) is 9.75. The van der Waals surface area contributed by atoms with Crippen LogP contribution in [0.15, 0.2) is 0 Å². The maximum Gasteiger partial charge on any atom is 0.0155 e. The molecule has 15 heavy (non-hydrogen) atoms. The molecule has 2 nitrogen and oxygen atoms in total. The Bertz CT molecular complexity index is 235. The van der Waals surface area contributed by atoms with Gasteiger partial charge in [-0.1, -0.05) is 0 Å². The molecule has 3 unspecified atom stereocenters. The quantitative estimate of drug-likeness (QED) is 0.768. The summed E-state index contributed by atoms with van der Waals surface area (Å²) in [6.45, 7) is 4.12. The maximum atomic E-state index is 6.18. The zero-order chi connectivity index (χ0) is 10.3. The molecule has 2 saturated heterocycles. The monoisotopic (exact) mass is 208 g/mol. The fourth-order valence-electron chi connectivity index (χ4n) is 3.53. The Kier molecular flexibility index (Phi) is 2.52. The molecule has 3 rings (SSSR count). The summed E-state index contributed by atoms with van der Waals surface area (Å²) in [6.07, 6.45) is 9.66. The number of nitrogens with zero attached hydrogens (tertiary/aromatic N) is 1. The van der Waals surface area contributed by atoms with E-state index in [1.165, 1.54) is 64.6 Å². The number of rotatable bonds is 3. The van der Waals surface area contributed by atoms with Crippen molar-refractivity contribution in [3.63, 3.8) is 0 Å². The summed E-state index contributed by atoms with van der Waals surface area (Å²) in [4.78, 5) is 2.67. The van der Waals surface area contributed by atoms with Crippen LogP contribution in [-0.4, -0.2) is 30.1 Å². The zero-order valence-corrected chi connectivity index (χ0v) is 9.75. The number of hydrogen-bond acceptors (Lipinski definition) is 2. The molecule has 3 fully saturated rings. The molecule has 3 atom stereocenters. The second-order valence-corrected chi connectivity index (χ2v) is 6.15. The maximum absolute atomic E-state index is 6.18. The van der Waals surface area contributed by atoms with Crippen LogP contribution in [0.4, 0.5) is 0 Å². The van der Waals surface area contributed by atoms with E-state index in [2.05, 4.69) is 4.90 Å². The molecule has 3 aliphatic rings. The molecule has 0 amide bonds. The van der Waals surface area contributed by atoms with Crippen molar-refractivity contribution >= 4 is 0 Å². The first kappa shape index (κ1) is 10.1. The molecule has 0 aromatic heterocycles. The average molecular weight is 208 g/mol. The van der Waals surface area contributed by atoms with Crippen molar-refractivity contribution in [2.75, 3.05) is 19.6 Å². The van der Waals surface area contributed by atoms with E-state index in [-0.39, 0.29) is 5.54 Å². The van der Waals surface area contributed by atoms with E-state index < -0.39 is 0 Å². The Hall–Kier alpha value is -0.0800. The minimum absolute atomic E-state index is 0.284. The topological polar surface area (TPSA) is 29.3 Å². The average Bonchev–Trinajstić information content (AvgIpc) is 2.97. The summed E-state index contributed by atoms with van der Waals surface area (Å²) in [5.74, 6) is 2.01. The van der Waals surface area contributed by atoms with E-state index >= 15 is 0 Å². The Morgan fingerprint density at radius 1 is 1.20 bits per heavy atom. The Balaban J connectivity index is 1.52. The normalized spacial score (nSPS) is 42.6. The van der Waals surface area contributed by atoms with Crippen molar-refractivity contribution in [2.24, 2.45) is 17.6 Å². The third kappa shape index (κ3) is 2.21.